The Balaban J connectivity index is 2.25. The molecule has 4 nitrogen and oxygen atoms in total. The molecule has 0 radical (unpaired) electrons. The molecule has 0 heterocycles. The Kier molecular flexibility index (Phi) is 4.42. The van der Waals surface area contributed by atoms with E-state index in [9.17, 15) is 13.2 Å². The van der Waals surface area contributed by atoms with E-state index < -0.39 is 18.2 Å². The highest BCUT2D eigenvalue weighted by Crippen LogP contribution is 2.31. The van der Waals surface area contributed by atoms with Gasteiger partial charge in [-0.25, -0.2) is 4.39 Å². The van der Waals surface area contributed by atoms with E-state index in [4.69, 9.17) is 10.5 Å². The summed E-state index contributed by atoms with van der Waals surface area (Å²) in [6.45, 7) is -3.11. The number of methoxy groups -OCH3 is 1. The molecule has 112 valence electrons. The van der Waals surface area contributed by atoms with Crippen LogP contribution in [0.15, 0.2) is 36.4 Å². The van der Waals surface area contributed by atoms with Crippen LogP contribution in [-0.2, 0) is 0 Å². The Morgan fingerprint density at radius 2 is 1.81 bits per heavy atom. The van der Waals surface area contributed by atoms with E-state index in [0.29, 0.717) is 11.4 Å². The SMILES string of the molecule is COc1ccc(Nc2cc(OC(F)F)c(F)cc2N)cc1. The normalized spacial score (nSPS) is 10.5. The average Bonchev–Trinajstić information content (AvgIpc) is 2.44. The Labute approximate surface area is 119 Å². The maximum atomic E-state index is 13.4. The Morgan fingerprint density at radius 1 is 1.14 bits per heavy atom. The van der Waals surface area contributed by atoms with Gasteiger partial charge in [-0.05, 0) is 24.3 Å². The fourth-order valence-electron chi connectivity index (χ4n) is 1.69. The van der Waals surface area contributed by atoms with Crippen LogP contribution in [0.25, 0.3) is 0 Å². The van der Waals surface area contributed by atoms with Gasteiger partial charge in [0.1, 0.15) is 5.75 Å². The molecule has 0 fully saturated rings. The number of hydrogen-bond donors (Lipinski definition) is 2. The van der Waals surface area contributed by atoms with Gasteiger partial charge in [-0.15, -0.1) is 0 Å². The Morgan fingerprint density at radius 3 is 2.38 bits per heavy atom. The second-order valence-electron chi connectivity index (χ2n) is 4.10. The van der Waals surface area contributed by atoms with Crippen molar-refractivity contribution in [2.24, 2.45) is 0 Å². The zero-order chi connectivity index (χ0) is 15.4. The average molecular weight is 298 g/mol. The fraction of sp³-hybridized carbons (Fsp3) is 0.143. The highest BCUT2D eigenvalue weighted by Gasteiger charge is 2.13. The molecule has 3 N–H and O–H groups in total. The number of nitrogens with two attached hydrogens (primary N) is 1. The Hall–Kier alpha value is -2.57. The van der Waals surface area contributed by atoms with Gasteiger partial charge in [0.15, 0.2) is 11.6 Å². The lowest BCUT2D eigenvalue weighted by Crippen LogP contribution is -2.05. The standard InChI is InChI=1S/C14H13F3N2O2/c1-20-9-4-2-8(3-5-9)19-12-7-13(21-14(16)17)10(15)6-11(12)18/h2-7,14,19H,18H2,1H3. The molecule has 2 aromatic carbocycles. The van der Waals surface area contributed by atoms with Crippen molar-refractivity contribution in [3.8, 4) is 11.5 Å². The number of alkyl halides is 2. The lowest BCUT2D eigenvalue weighted by Gasteiger charge is -2.13. The molecule has 0 atom stereocenters. The summed E-state index contributed by atoms with van der Waals surface area (Å²) in [5, 5.41) is 2.89. The smallest absolute Gasteiger partial charge is 0.387 e. The third kappa shape index (κ3) is 3.71. The number of halogens is 3. The molecule has 0 aromatic heterocycles. The maximum Gasteiger partial charge on any atom is 0.387 e. The van der Waals surface area contributed by atoms with Crippen LogP contribution in [0.4, 0.5) is 30.2 Å². The molecule has 0 saturated heterocycles. The quantitative estimate of drug-likeness (QED) is 0.825. The van der Waals surface area contributed by atoms with Crippen LogP contribution in [0, 0.1) is 5.82 Å². The first kappa shape index (κ1) is 14.8. The summed E-state index contributed by atoms with van der Waals surface area (Å²) in [5.41, 5.74) is 6.63. The molecule has 0 spiro atoms. The summed E-state index contributed by atoms with van der Waals surface area (Å²) in [5.74, 6) is -0.863. The summed E-state index contributed by atoms with van der Waals surface area (Å²) in [4.78, 5) is 0. The zero-order valence-electron chi connectivity index (χ0n) is 11.1. The first-order valence-electron chi connectivity index (χ1n) is 5.94. The molecule has 0 aliphatic carbocycles. The third-order valence-electron chi connectivity index (χ3n) is 2.69. The van der Waals surface area contributed by atoms with E-state index in [1.807, 2.05) is 0 Å². The summed E-state index contributed by atoms with van der Waals surface area (Å²) in [6, 6.07) is 8.83. The summed E-state index contributed by atoms with van der Waals surface area (Å²) >= 11 is 0. The maximum absolute atomic E-state index is 13.4. The number of benzene rings is 2. The predicted molar refractivity (Wildman–Crippen MR) is 73.7 cm³/mol. The van der Waals surface area contributed by atoms with Crippen molar-refractivity contribution in [2.45, 2.75) is 6.61 Å². The lowest BCUT2D eigenvalue weighted by molar-refractivity contribution is -0.0521. The molecule has 2 rings (SSSR count). The van der Waals surface area contributed by atoms with Gasteiger partial charge in [-0.2, -0.15) is 8.78 Å². The van der Waals surface area contributed by atoms with E-state index in [-0.39, 0.29) is 11.4 Å². The van der Waals surface area contributed by atoms with Crippen molar-refractivity contribution in [3.05, 3.63) is 42.2 Å². The molecule has 7 heteroatoms. The van der Waals surface area contributed by atoms with Crippen LogP contribution < -0.4 is 20.5 Å². The van der Waals surface area contributed by atoms with Gasteiger partial charge in [0.2, 0.25) is 0 Å². The minimum atomic E-state index is -3.11. The zero-order valence-corrected chi connectivity index (χ0v) is 11.1. The Bertz CT molecular complexity index is 618. The highest BCUT2D eigenvalue weighted by atomic mass is 19.3. The molecule has 21 heavy (non-hydrogen) atoms. The van der Waals surface area contributed by atoms with Crippen LogP contribution >= 0.6 is 0 Å². The minimum absolute atomic E-state index is 0.0740. The highest BCUT2D eigenvalue weighted by molar-refractivity contribution is 5.74. The van der Waals surface area contributed by atoms with Crippen molar-refractivity contribution >= 4 is 17.1 Å². The number of ether oxygens (including phenoxy) is 2. The van der Waals surface area contributed by atoms with Gasteiger partial charge < -0.3 is 20.5 Å². The van der Waals surface area contributed by atoms with Gasteiger partial charge in [0.05, 0.1) is 18.5 Å². The first-order chi connectivity index (χ1) is 9.99. The van der Waals surface area contributed by atoms with Gasteiger partial charge in [-0.3, -0.25) is 0 Å². The van der Waals surface area contributed by atoms with E-state index in [1.54, 1.807) is 24.3 Å². The second-order valence-corrected chi connectivity index (χ2v) is 4.10. The topological polar surface area (TPSA) is 56.5 Å². The molecule has 0 aliphatic rings. The van der Waals surface area contributed by atoms with Crippen molar-refractivity contribution in [1.29, 1.82) is 0 Å². The molecule has 0 bridgehead atoms. The molecule has 0 saturated carbocycles. The minimum Gasteiger partial charge on any atom is -0.497 e. The van der Waals surface area contributed by atoms with Gasteiger partial charge in [-0.1, -0.05) is 0 Å². The van der Waals surface area contributed by atoms with Crippen LogP contribution in [0.2, 0.25) is 0 Å². The number of nitrogens with one attached hydrogen (secondary N) is 1. The number of rotatable bonds is 5. The van der Waals surface area contributed by atoms with Gasteiger partial charge in [0, 0.05) is 17.8 Å². The van der Waals surface area contributed by atoms with Crippen molar-refractivity contribution in [1.82, 2.24) is 0 Å². The number of anilines is 3. The third-order valence-corrected chi connectivity index (χ3v) is 2.69. The van der Waals surface area contributed by atoms with Crippen LogP contribution in [0.5, 0.6) is 11.5 Å². The summed E-state index contributed by atoms with van der Waals surface area (Å²) in [7, 11) is 1.54. The molecule has 0 aliphatic heterocycles. The molecule has 0 amide bonds. The number of hydrogen-bond acceptors (Lipinski definition) is 4. The molecular formula is C14H13F3N2O2. The monoisotopic (exact) mass is 298 g/mol. The molecule has 0 unspecified atom stereocenters. The lowest BCUT2D eigenvalue weighted by atomic mass is 10.2. The van der Waals surface area contributed by atoms with Crippen LogP contribution in [-0.4, -0.2) is 13.7 Å². The number of nitrogen functional groups attached to an aromatic ring is 1. The molecule has 2 aromatic rings. The first-order valence-corrected chi connectivity index (χ1v) is 5.94. The molecular weight excluding hydrogens is 285 g/mol. The predicted octanol–water partition coefficient (Wildman–Crippen LogP) is 3.76. The van der Waals surface area contributed by atoms with Crippen molar-refractivity contribution < 1.29 is 22.6 Å². The fourth-order valence-corrected chi connectivity index (χ4v) is 1.69. The van der Waals surface area contributed by atoms with E-state index >= 15 is 0 Å². The van der Waals surface area contributed by atoms with E-state index in [1.165, 1.54) is 7.11 Å². The summed E-state index contributed by atoms with van der Waals surface area (Å²) in [6.07, 6.45) is 0. The van der Waals surface area contributed by atoms with Crippen molar-refractivity contribution in [3.63, 3.8) is 0 Å². The van der Waals surface area contributed by atoms with Gasteiger partial charge in [0.25, 0.3) is 0 Å². The van der Waals surface area contributed by atoms with Crippen LogP contribution in [0.3, 0.4) is 0 Å². The van der Waals surface area contributed by atoms with Crippen molar-refractivity contribution in [2.75, 3.05) is 18.2 Å². The van der Waals surface area contributed by atoms with E-state index in [2.05, 4.69) is 10.1 Å². The van der Waals surface area contributed by atoms with Gasteiger partial charge >= 0.3 is 6.61 Å². The second kappa shape index (κ2) is 6.25. The van der Waals surface area contributed by atoms with E-state index in [0.717, 1.165) is 12.1 Å². The van der Waals surface area contributed by atoms with Crippen LogP contribution in [0.1, 0.15) is 0 Å². The summed E-state index contributed by atoms with van der Waals surface area (Å²) < 4.78 is 46.9. The largest absolute Gasteiger partial charge is 0.497 e.